The molecule has 0 radical (unpaired) electrons. The fraction of sp³-hybridized carbons (Fsp3) is 0.632. The second-order valence-electron chi connectivity index (χ2n) is 7.88. The van der Waals surface area contributed by atoms with Crippen LogP contribution in [-0.2, 0) is 4.79 Å². The van der Waals surface area contributed by atoms with Crippen molar-refractivity contribution in [3.63, 3.8) is 0 Å². The molecule has 1 aliphatic carbocycles. The number of rotatable bonds is 6. The van der Waals surface area contributed by atoms with Gasteiger partial charge in [-0.05, 0) is 54.2 Å². The Morgan fingerprint density at radius 3 is 2.78 bits per heavy atom. The molecule has 0 spiro atoms. The molecule has 1 atom stereocenters. The summed E-state index contributed by atoms with van der Waals surface area (Å²) in [6.07, 6.45) is 6.92. The number of nitrogens with zero attached hydrogens (tertiary/aromatic N) is 5. The molecule has 8 heteroatoms. The number of amides is 2. The normalized spacial score (nSPS) is 21.0. The van der Waals surface area contributed by atoms with Gasteiger partial charge in [-0.2, -0.15) is 4.52 Å². The maximum absolute atomic E-state index is 12.6. The molecule has 3 rings (SSSR count). The number of tetrazole rings is 1. The third-order valence-corrected chi connectivity index (χ3v) is 5.35. The van der Waals surface area contributed by atoms with Crippen molar-refractivity contribution in [2.45, 2.75) is 52.0 Å². The minimum absolute atomic E-state index is 0.0815. The Kier molecular flexibility index (Phi) is 6.03. The lowest BCUT2D eigenvalue weighted by atomic mass is 9.81. The second-order valence-corrected chi connectivity index (χ2v) is 7.88. The highest BCUT2D eigenvalue weighted by atomic mass is 16.2. The molecule has 0 saturated heterocycles. The van der Waals surface area contributed by atoms with Crippen LogP contribution in [0.25, 0.3) is 5.65 Å². The van der Waals surface area contributed by atoms with E-state index in [0.717, 1.165) is 18.8 Å². The Morgan fingerprint density at radius 2 is 2.04 bits per heavy atom. The van der Waals surface area contributed by atoms with E-state index in [1.165, 1.54) is 17.4 Å². The predicted octanol–water partition coefficient (Wildman–Crippen LogP) is 1.92. The molecule has 27 heavy (non-hydrogen) atoms. The molecule has 2 aromatic rings. The molecule has 2 amide bonds. The third-order valence-electron chi connectivity index (χ3n) is 5.35. The first-order chi connectivity index (χ1) is 12.9. The van der Waals surface area contributed by atoms with Crippen molar-refractivity contribution in [3.8, 4) is 0 Å². The minimum atomic E-state index is -0.130. The number of carbonyl (C=O) groups excluding carboxylic acids is 2. The van der Waals surface area contributed by atoms with Crippen molar-refractivity contribution in [1.29, 1.82) is 0 Å². The van der Waals surface area contributed by atoms with Gasteiger partial charge in [0.2, 0.25) is 5.91 Å². The largest absolute Gasteiger partial charge is 0.352 e. The Hall–Kier alpha value is -2.51. The van der Waals surface area contributed by atoms with Gasteiger partial charge >= 0.3 is 0 Å². The number of pyridine rings is 1. The fourth-order valence-electron chi connectivity index (χ4n) is 3.76. The number of hydrogen-bond donors (Lipinski definition) is 1. The van der Waals surface area contributed by atoms with Gasteiger partial charge in [-0.15, -0.1) is 5.10 Å². The van der Waals surface area contributed by atoms with Gasteiger partial charge in [-0.1, -0.05) is 19.8 Å². The van der Waals surface area contributed by atoms with Gasteiger partial charge in [-0.3, -0.25) is 9.59 Å². The van der Waals surface area contributed by atoms with Gasteiger partial charge in [0, 0.05) is 32.3 Å². The summed E-state index contributed by atoms with van der Waals surface area (Å²) in [5.41, 5.74) is 1.10. The molecule has 2 heterocycles. The van der Waals surface area contributed by atoms with Crippen molar-refractivity contribution >= 4 is 17.5 Å². The summed E-state index contributed by atoms with van der Waals surface area (Å²) in [5, 5.41) is 14.2. The van der Waals surface area contributed by atoms with Crippen LogP contribution in [0.2, 0.25) is 0 Å². The van der Waals surface area contributed by atoms with Gasteiger partial charge in [0.05, 0.1) is 5.56 Å². The van der Waals surface area contributed by atoms with Crippen LogP contribution in [0.5, 0.6) is 0 Å². The number of carbonyl (C=O) groups is 2. The molecule has 1 aliphatic rings. The van der Waals surface area contributed by atoms with Gasteiger partial charge in [0.25, 0.3) is 5.91 Å². The van der Waals surface area contributed by atoms with Crippen molar-refractivity contribution < 1.29 is 9.59 Å². The summed E-state index contributed by atoms with van der Waals surface area (Å²) >= 11 is 0. The average molecular weight is 372 g/mol. The molecule has 1 N–H and O–H groups in total. The van der Waals surface area contributed by atoms with Crippen LogP contribution in [0.3, 0.4) is 0 Å². The van der Waals surface area contributed by atoms with Gasteiger partial charge < -0.3 is 10.2 Å². The number of fused-ring (bicyclic) bond motifs is 1. The molecule has 2 aromatic heterocycles. The zero-order chi connectivity index (χ0) is 19.4. The van der Waals surface area contributed by atoms with Crippen LogP contribution in [0.15, 0.2) is 18.3 Å². The van der Waals surface area contributed by atoms with Gasteiger partial charge in [0.15, 0.2) is 5.65 Å². The monoisotopic (exact) mass is 372 g/mol. The van der Waals surface area contributed by atoms with Crippen LogP contribution in [0.1, 0.15) is 56.3 Å². The summed E-state index contributed by atoms with van der Waals surface area (Å²) in [5.74, 6) is 1.24. The first-order valence-corrected chi connectivity index (χ1v) is 9.65. The zero-order valence-electron chi connectivity index (χ0n) is 16.3. The summed E-state index contributed by atoms with van der Waals surface area (Å²) in [6, 6.07) is 3.31. The lowest BCUT2D eigenvalue weighted by molar-refractivity contribution is -0.123. The van der Waals surface area contributed by atoms with E-state index in [2.05, 4.69) is 27.8 Å². The summed E-state index contributed by atoms with van der Waals surface area (Å²) < 4.78 is 1.47. The first-order valence-electron chi connectivity index (χ1n) is 9.65. The number of aromatic nitrogens is 4. The topological polar surface area (TPSA) is 92.5 Å². The SMILES string of the molecule is CC1CCC(CC(=O)N[C@H](C)CN(C)C(=O)c2ccc3nnnn3c2)CC1. The maximum Gasteiger partial charge on any atom is 0.255 e. The summed E-state index contributed by atoms with van der Waals surface area (Å²) in [6.45, 7) is 4.65. The Balaban J connectivity index is 1.48. The quantitative estimate of drug-likeness (QED) is 0.836. The van der Waals surface area contributed by atoms with Crippen molar-refractivity contribution in [2.75, 3.05) is 13.6 Å². The molecule has 1 fully saturated rings. The molecule has 146 valence electrons. The lowest BCUT2D eigenvalue weighted by Crippen LogP contribution is -2.43. The minimum Gasteiger partial charge on any atom is -0.352 e. The highest BCUT2D eigenvalue weighted by Gasteiger charge is 2.22. The smallest absolute Gasteiger partial charge is 0.255 e. The van der Waals surface area contributed by atoms with E-state index < -0.39 is 0 Å². The van der Waals surface area contributed by atoms with Crippen molar-refractivity contribution in [2.24, 2.45) is 11.8 Å². The maximum atomic E-state index is 12.6. The highest BCUT2D eigenvalue weighted by molar-refractivity contribution is 5.94. The predicted molar refractivity (Wildman–Crippen MR) is 101 cm³/mol. The van der Waals surface area contributed by atoms with Gasteiger partial charge in [0.1, 0.15) is 0 Å². The van der Waals surface area contributed by atoms with Crippen LogP contribution >= 0.6 is 0 Å². The first kappa shape index (κ1) is 19.3. The Labute approximate surface area is 159 Å². The van der Waals surface area contributed by atoms with Gasteiger partial charge in [-0.25, -0.2) is 0 Å². The van der Waals surface area contributed by atoms with E-state index in [0.29, 0.717) is 30.1 Å². The second kappa shape index (κ2) is 8.45. The molecule has 0 unspecified atom stereocenters. The van der Waals surface area contributed by atoms with E-state index >= 15 is 0 Å². The lowest BCUT2D eigenvalue weighted by Gasteiger charge is -2.27. The van der Waals surface area contributed by atoms with E-state index in [9.17, 15) is 9.59 Å². The Bertz CT molecular complexity index is 796. The number of nitrogens with one attached hydrogen (secondary N) is 1. The standard InChI is InChI=1S/C19H28N6O2/c1-13-4-6-15(7-5-13)10-18(26)20-14(2)11-24(3)19(27)16-8-9-17-21-22-23-25(17)12-16/h8-9,12-15H,4-7,10-11H2,1-3H3,(H,20,26)/t13?,14-,15?/m1/s1. The zero-order valence-corrected chi connectivity index (χ0v) is 16.3. The molecule has 0 aliphatic heterocycles. The third kappa shape index (κ3) is 5.02. The van der Waals surface area contributed by atoms with Crippen LogP contribution in [0.4, 0.5) is 0 Å². The van der Waals surface area contributed by atoms with Crippen LogP contribution in [-0.4, -0.2) is 56.4 Å². The van der Waals surface area contributed by atoms with Crippen LogP contribution in [0, 0.1) is 11.8 Å². The summed E-state index contributed by atoms with van der Waals surface area (Å²) in [4.78, 5) is 26.5. The molecule has 0 aromatic carbocycles. The highest BCUT2D eigenvalue weighted by Crippen LogP contribution is 2.30. The molecular formula is C19H28N6O2. The average Bonchev–Trinajstić information content (AvgIpc) is 3.10. The fourth-order valence-corrected chi connectivity index (χ4v) is 3.76. The molecule has 1 saturated carbocycles. The Morgan fingerprint density at radius 1 is 1.30 bits per heavy atom. The summed E-state index contributed by atoms with van der Waals surface area (Å²) in [7, 11) is 1.73. The molecular weight excluding hydrogens is 344 g/mol. The van der Waals surface area contributed by atoms with Crippen LogP contribution < -0.4 is 5.32 Å². The van der Waals surface area contributed by atoms with Crippen molar-refractivity contribution in [3.05, 3.63) is 23.9 Å². The van der Waals surface area contributed by atoms with E-state index in [1.807, 2.05) is 6.92 Å². The van der Waals surface area contributed by atoms with E-state index in [-0.39, 0.29) is 17.9 Å². The van der Waals surface area contributed by atoms with E-state index in [1.54, 1.807) is 30.3 Å². The number of likely N-dealkylation sites (N-methyl/N-ethyl adjacent to an activating group) is 1. The van der Waals surface area contributed by atoms with E-state index in [4.69, 9.17) is 0 Å². The molecule has 8 nitrogen and oxygen atoms in total. The van der Waals surface area contributed by atoms with Crippen molar-refractivity contribution in [1.82, 2.24) is 30.3 Å². The number of hydrogen-bond acceptors (Lipinski definition) is 5. The molecule has 0 bridgehead atoms.